The summed E-state index contributed by atoms with van der Waals surface area (Å²) in [6.45, 7) is 6.73. The van der Waals surface area contributed by atoms with Gasteiger partial charge < -0.3 is 10.2 Å². The Bertz CT molecular complexity index is 1010. The van der Waals surface area contributed by atoms with Gasteiger partial charge in [0.2, 0.25) is 0 Å². The largest absolute Gasteiger partial charge is 0.435 e. The molecule has 0 aliphatic carbocycles. The third-order valence-corrected chi connectivity index (χ3v) is 7.56. The second kappa shape index (κ2) is 10.2. The van der Waals surface area contributed by atoms with Gasteiger partial charge in [-0.15, -0.1) is 0 Å². The van der Waals surface area contributed by atoms with Crippen LogP contribution in [0.4, 0.5) is 22.7 Å². The van der Waals surface area contributed by atoms with E-state index in [1.165, 1.54) is 29.7 Å². The second-order valence-corrected chi connectivity index (χ2v) is 10.2. The van der Waals surface area contributed by atoms with Crippen LogP contribution < -0.4 is 5.32 Å². The third-order valence-electron chi connectivity index (χ3n) is 6.58. The third kappa shape index (κ3) is 5.51. The Morgan fingerprint density at radius 3 is 2.62 bits per heavy atom. The molecule has 2 atom stereocenters. The highest BCUT2D eigenvalue weighted by molar-refractivity contribution is 7.17. The van der Waals surface area contributed by atoms with Gasteiger partial charge in [0.25, 0.3) is 5.91 Å². The van der Waals surface area contributed by atoms with E-state index >= 15 is 0 Å². The summed E-state index contributed by atoms with van der Waals surface area (Å²) in [5.41, 5.74) is -1.14. The molecule has 2 aromatic heterocycles. The number of carbonyl (C=O) groups is 1. The predicted octanol–water partition coefficient (Wildman–Crippen LogP) is 5.21. The fraction of sp³-hybridized carbons (Fsp3) is 0.609. The molecule has 2 aliphatic rings. The van der Waals surface area contributed by atoms with Crippen LogP contribution in [-0.4, -0.2) is 57.9 Å². The van der Waals surface area contributed by atoms with Crippen molar-refractivity contribution in [3.05, 3.63) is 40.4 Å². The lowest BCUT2D eigenvalue weighted by molar-refractivity contribution is -0.141. The van der Waals surface area contributed by atoms with Gasteiger partial charge in [-0.25, -0.2) is 9.37 Å². The van der Waals surface area contributed by atoms with Gasteiger partial charge in [0.1, 0.15) is 10.7 Å². The van der Waals surface area contributed by atoms with Crippen molar-refractivity contribution in [3.8, 4) is 0 Å². The number of piperidine rings is 2. The Balaban J connectivity index is 1.47. The lowest BCUT2D eigenvalue weighted by Gasteiger charge is -2.41. The number of nitrogens with zero attached hydrogens (tertiary/aromatic N) is 4. The van der Waals surface area contributed by atoms with Crippen molar-refractivity contribution >= 4 is 22.4 Å². The first-order valence-corrected chi connectivity index (χ1v) is 12.4. The maximum absolute atomic E-state index is 14.0. The van der Waals surface area contributed by atoms with Gasteiger partial charge in [0, 0.05) is 31.9 Å². The van der Waals surface area contributed by atoms with Gasteiger partial charge in [0.15, 0.2) is 10.8 Å². The fourth-order valence-electron chi connectivity index (χ4n) is 4.82. The molecule has 11 heteroatoms. The number of hydrogen-bond donors (Lipinski definition) is 1. The van der Waals surface area contributed by atoms with Gasteiger partial charge in [-0.2, -0.15) is 13.2 Å². The van der Waals surface area contributed by atoms with Crippen molar-refractivity contribution in [2.24, 2.45) is 5.92 Å². The minimum absolute atomic E-state index is 0.0632. The summed E-state index contributed by atoms with van der Waals surface area (Å²) in [7, 11) is 0. The lowest BCUT2D eigenvalue weighted by Crippen LogP contribution is -2.49. The molecule has 0 saturated carbocycles. The Morgan fingerprint density at radius 1 is 1.24 bits per heavy atom. The molecular weight excluding hydrogens is 470 g/mol. The Kier molecular flexibility index (Phi) is 7.42. The van der Waals surface area contributed by atoms with Crippen LogP contribution in [0, 0.1) is 11.7 Å². The highest BCUT2D eigenvalue weighted by atomic mass is 32.1. The van der Waals surface area contributed by atoms with Crippen molar-refractivity contribution in [1.82, 2.24) is 19.8 Å². The quantitative estimate of drug-likeness (QED) is 0.573. The molecule has 1 amide bonds. The molecule has 2 fully saturated rings. The number of aromatic nitrogens is 2. The van der Waals surface area contributed by atoms with Crippen LogP contribution in [0.2, 0.25) is 0 Å². The highest BCUT2D eigenvalue weighted by Crippen LogP contribution is 2.38. The van der Waals surface area contributed by atoms with Crippen LogP contribution in [0.5, 0.6) is 0 Å². The van der Waals surface area contributed by atoms with Gasteiger partial charge in [-0.1, -0.05) is 18.3 Å². The minimum Gasteiger partial charge on any atom is -0.353 e. The summed E-state index contributed by atoms with van der Waals surface area (Å²) in [4.78, 5) is 24.2. The zero-order valence-corrected chi connectivity index (χ0v) is 20.1. The monoisotopic (exact) mass is 499 g/mol. The normalized spacial score (nSPS) is 21.5. The van der Waals surface area contributed by atoms with E-state index in [1.54, 1.807) is 6.92 Å². The maximum atomic E-state index is 14.0. The van der Waals surface area contributed by atoms with Crippen molar-refractivity contribution in [2.45, 2.75) is 57.8 Å². The number of rotatable bonds is 5. The number of anilines is 1. The summed E-state index contributed by atoms with van der Waals surface area (Å²) in [5.74, 6) is -0.579. The van der Waals surface area contributed by atoms with Crippen LogP contribution in [0.1, 0.15) is 66.6 Å². The summed E-state index contributed by atoms with van der Waals surface area (Å²) < 4.78 is 55.2. The topological polar surface area (TPSA) is 61.4 Å². The molecule has 0 radical (unpaired) electrons. The number of thiazole rings is 1. The first-order valence-electron chi connectivity index (χ1n) is 11.6. The molecule has 2 aromatic rings. The summed E-state index contributed by atoms with van der Waals surface area (Å²) in [5, 5.41) is 2.68. The lowest BCUT2D eigenvalue weighted by atomic mass is 9.95. The number of likely N-dealkylation sites (tertiary alicyclic amines) is 2. The average Bonchev–Trinajstić information content (AvgIpc) is 3.23. The molecule has 2 aliphatic heterocycles. The van der Waals surface area contributed by atoms with E-state index in [9.17, 15) is 22.4 Å². The number of halogens is 4. The smallest absolute Gasteiger partial charge is 0.353 e. The maximum Gasteiger partial charge on any atom is 0.435 e. The van der Waals surface area contributed by atoms with Crippen LogP contribution in [0.15, 0.2) is 18.3 Å². The van der Waals surface area contributed by atoms with Crippen molar-refractivity contribution in [2.75, 3.05) is 31.5 Å². The summed E-state index contributed by atoms with van der Waals surface area (Å²) in [6.07, 6.45) is 0.513. The van der Waals surface area contributed by atoms with Crippen molar-refractivity contribution in [1.29, 1.82) is 0 Å². The molecule has 4 heterocycles. The number of carbonyl (C=O) groups excluding carboxylic acids is 1. The van der Waals surface area contributed by atoms with Gasteiger partial charge in [-0.3, -0.25) is 14.7 Å². The molecule has 0 spiro atoms. The van der Waals surface area contributed by atoms with E-state index in [0.717, 1.165) is 32.4 Å². The average molecular weight is 500 g/mol. The molecule has 2 saturated heterocycles. The molecule has 0 unspecified atom stereocenters. The van der Waals surface area contributed by atoms with Gasteiger partial charge in [0.05, 0.1) is 11.7 Å². The van der Waals surface area contributed by atoms with E-state index in [2.05, 4.69) is 27.1 Å². The Labute approximate surface area is 200 Å². The van der Waals surface area contributed by atoms with Gasteiger partial charge in [-0.05, 0) is 57.2 Å². The summed E-state index contributed by atoms with van der Waals surface area (Å²) in [6, 6.07) is 2.30. The highest BCUT2D eigenvalue weighted by Gasteiger charge is 2.41. The molecule has 6 nitrogen and oxygen atoms in total. The number of nitrogens with one attached hydrogen (secondary N) is 1. The standard InChI is InChI=1S/C23H29F4N5OS/c1-14-5-4-10-32(13-14)16-7-11-31(12-8-16)21(33)19-20(23(25,26)27)30-22(34-19)29-15(2)18-17(24)6-3-9-28-18/h3,6,9,14-16H,4-5,7-8,10-13H2,1-2H3,(H,29,30)/t14-,15+/m1/s1. The SMILES string of the molecule is C[C@@H]1CCCN(C2CCN(C(=O)c3sc(N[C@@H](C)c4ncccc4F)nc3C(F)(F)F)CC2)C1. The number of amides is 1. The van der Waals surface area contributed by atoms with Gasteiger partial charge >= 0.3 is 6.18 Å². The second-order valence-electron chi connectivity index (χ2n) is 9.20. The number of hydrogen-bond acceptors (Lipinski definition) is 6. The van der Waals surface area contributed by atoms with E-state index in [1.807, 2.05) is 0 Å². The number of pyridine rings is 1. The number of alkyl halides is 3. The van der Waals surface area contributed by atoms with Crippen molar-refractivity contribution < 1.29 is 22.4 Å². The first-order chi connectivity index (χ1) is 16.1. The molecular formula is C23H29F4N5OS. The fourth-order valence-corrected chi connectivity index (χ4v) is 5.86. The summed E-state index contributed by atoms with van der Waals surface area (Å²) >= 11 is 0.652. The molecule has 1 N–H and O–H groups in total. The Morgan fingerprint density at radius 2 is 1.97 bits per heavy atom. The van der Waals surface area contributed by atoms with E-state index in [4.69, 9.17) is 0 Å². The van der Waals surface area contributed by atoms with E-state index < -0.39 is 34.5 Å². The molecule has 0 aromatic carbocycles. The molecule has 34 heavy (non-hydrogen) atoms. The van der Waals surface area contributed by atoms with Crippen LogP contribution >= 0.6 is 11.3 Å². The van der Waals surface area contributed by atoms with Crippen LogP contribution in [0.3, 0.4) is 0 Å². The van der Waals surface area contributed by atoms with Crippen molar-refractivity contribution in [3.63, 3.8) is 0 Å². The van der Waals surface area contributed by atoms with E-state index in [0.29, 0.717) is 36.4 Å². The zero-order valence-electron chi connectivity index (χ0n) is 19.2. The minimum atomic E-state index is -4.77. The predicted molar refractivity (Wildman–Crippen MR) is 122 cm³/mol. The molecule has 0 bridgehead atoms. The molecule has 4 rings (SSSR count). The van der Waals surface area contributed by atoms with E-state index in [-0.39, 0.29) is 10.8 Å². The van der Waals surface area contributed by atoms with Crippen LogP contribution in [-0.2, 0) is 6.18 Å². The molecule has 186 valence electrons. The van der Waals surface area contributed by atoms with Crippen LogP contribution in [0.25, 0.3) is 0 Å². The Hall–Kier alpha value is -2.27. The first kappa shape index (κ1) is 24.8. The zero-order chi connectivity index (χ0) is 24.5.